The first-order valence-corrected chi connectivity index (χ1v) is 7.65. The van der Waals surface area contributed by atoms with Crippen molar-refractivity contribution in [2.24, 2.45) is 0 Å². The number of carboxylic acids is 1. The van der Waals surface area contributed by atoms with Gasteiger partial charge < -0.3 is 60.2 Å². The lowest BCUT2D eigenvalue weighted by Crippen LogP contribution is -2.70. The molecule has 2 saturated heterocycles. The lowest BCUT2D eigenvalue weighted by molar-refractivity contribution is -0.375. The van der Waals surface area contributed by atoms with Gasteiger partial charge in [-0.05, 0) is 0 Å². The Morgan fingerprint density at radius 2 is 1.50 bits per heavy atom. The van der Waals surface area contributed by atoms with Crippen LogP contribution in [-0.2, 0) is 19.0 Å². The zero-order chi connectivity index (χ0) is 19.8. The molecule has 0 aromatic heterocycles. The van der Waals surface area contributed by atoms with Crippen LogP contribution < -0.4 is 0 Å². The molecule has 0 aromatic rings. The summed E-state index contributed by atoms with van der Waals surface area (Å²) in [7, 11) is 0. The van der Waals surface area contributed by atoms with Gasteiger partial charge in [0, 0.05) is 0 Å². The lowest BCUT2D eigenvalue weighted by Gasteiger charge is -2.47. The van der Waals surface area contributed by atoms with Crippen LogP contribution >= 0.6 is 0 Å². The molecule has 0 radical (unpaired) electrons. The minimum atomic E-state index is -3.22. The first kappa shape index (κ1) is 21.3. The van der Waals surface area contributed by atoms with Crippen molar-refractivity contribution in [1.82, 2.24) is 0 Å². The molecule has 26 heavy (non-hydrogen) atoms. The van der Waals surface area contributed by atoms with Gasteiger partial charge in [0.05, 0.1) is 13.2 Å². The van der Waals surface area contributed by atoms with Crippen molar-refractivity contribution in [3.8, 4) is 0 Å². The molecule has 9 N–H and O–H groups in total. The molecule has 10 atom stereocenters. The van der Waals surface area contributed by atoms with Crippen molar-refractivity contribution in [3.05, 3.63) is 0 Å². The first-order valence-electron chi connectivity index (χ1n) is 7.65. The average Bonchev–Trinajstić information content (AvgIpc) is 2.61. The number of hydrogen-bond acceptors (Lipinski definition) is 12. The van der Waals surface area contributed by atoms with Crippen LogP contribution in [0.3, 0.4) is 0 Å². The van der Waals surface area contributed by atoms with Gasteiger partial charge in [0.1, 0.15) is 48.8 Å². The Kier molecular flexibility index (Phi) is 6.53. The largest absolute Gasteiger partial charge is 0.477 e. The fourth-order valence-electron chi connectivity index (χ4n) is 2.82. The Balaban J connectivity index is 2.20. The number of ether oxygens (including phenoxy) is 3. The van der Waals surface area contributed by atoms with E-state index in [9.17, 15) is 40.5 Å². The van der Waals surface area contributed by atoms with Crippen LogP contribution in [0.1, 0.15) is 0 Å². The second-order valence-corrected chi connectivity index (χ2v) is 6.07. The number of carbonyl (C=O) groups is 1. The van der Waals surface area contributed by atoms with Gasteiger partial charge >= 0.3 is 5.97 Å². The summed E-state index contributed by atoms with van der Waals surface area (Å²) in [5, 5.41) is 86.5. The summed E-state index contributed by atoms with van der Waals surface area (Å²) in [6.45, 7) is -1.71. The summed E-state index contributed by atoms with van der Waals surface area (Å²) in [4.78, 5) is 11.1. The maximum Gasteiger partial charge on any atom is 0.367 e. The fourth-order valence-corrected chi connectivity index (χ4v) is 2.82. The second kappa shape index (κ2) is 7.95. The highest BCUT2D eigenvalue weighted by Gasteiger charge is 2.59. The number of hydrogen-bond donors (Lipinski definition) is 9. The van der Waals surface area contributed by atoms with Crippen LogP contribution in [0.5, 0.6) is 0 Å². The maximum absolute atomic E-state index is 11.1. The molecular formula is C13H22O13. The third-order valence-corrected chi connectivity index (χ3v) is 4.38. The normalized spacial score (nSPS) is 49.8. The highest BCUT2D eigenvalue weighted by molar-refractivity contribution is 5.76. The Morgan fingerprint density at radius 1 is 0.923 bits per heavy atom. The van der Waals surface area contributed by atoms with E-state index in [1.807, 2.05) is 0 Å². The molecule has 0 saturated carbocycles. The zero-order valence-corrected chi connectivity index (χ0v) is 13.3. The summed E-state index contributed by atoms with van der Waals surface area (Å²) in [6.07, 6.45) is -16.2. The van der Waals surface area contributed by atoms with Gasteiger partial charge in [-0.25, -0.2) is 4.79 Å². The number of aliphatic carboxylic acids is 1. The van der Waals surface area contributed by atoms with Gasteiger partial charge in [0.15, 0.2) is 6.29 Å². The molecule has 13 heteroatoms. The average molecular weight is 386 g/mol. The predicted molar refractivity (Wildman–Crippen MR) is 75.2 cm³/mol. The highest BCUT2D eigenvalue weighted by Crippen LogP contribution is 2.32. The van der Waals surface area contributed by atoms with Crippen LogP contribution in [0.4, 0.5) is 0 Å². The molecule has 2 aliphatic heterocycles. The Morgan fingerprint density at radius 3 is 2.00 bits per heavy atom. The van der Waals surface area contributed by atoms with Gasteiger partial charge in [-0.2, -0.15) is 0 Å². The molecule has 13 nitrogen and oxygen atoms in total. The van der Waals surface area contributed by atoms with Gasteiger partial charge in [0.2, 0.25) is 0 Å². The van der Waals surface area contributed by atoms with Crippen LogP contribution in [0.15, 0.2) is 0 Å². The topological polar surface area (TPSA) is 227 Å². The maximum atomic E-state index is 11.1. The lowest BCUT2D eigenvalue weighted by atomic mass is 9.92. The Hall–Kier alpha value is -0.970. The summed E-state index contributed by atoms with van der Waals surface area (Å²) in [5.41, 5.74) is 0. The second-order valence-electron chi connectivity index (χ2n) is 6.07. The quantitative estimate of drug-likeness (QED) is 0.215. The molecule has 2 fully saturated rings. The highest BCUT2D eigenvalue weighted by atomic mass is 16.7. The van der Waals surface area contributed by atoms with E-state index in [2.05, 4.69) is 0 Å². The summed E-state index contributed by atoms with van der Waals surface area (Å²) >= 11 is 0. The van der Waals surface area contributed by atoms with Gasteiger partial charge in [-0.3, -0.25) is 0 Å². The molecule has 0 amide bonds. The van der Waals surface area contributed by atoms with Crippen molar-refractivity contribution in [2.45, 2.75) is 60.9 Å². The molecule has 2 heterocycles. The van der Waals surface area contributed by atoms with Gasteiger partial charge in [0.25, 0.3) is 5.79 Å². The minimum absolute atomic E-state index is 0.751. The summed E-state index contributed by atoms with van der Waals surface area (Å²) < 4.78 is 15.0. The number of rotatable bonds is 5. The third-order valence-electron chi connectivity index (χ3n) is 4.38. The Bertz CT molecular complexity index is 498. The van der Waals surface area contributed by atoms with E-state index in [0.29, 0.717) is 0 Å². The van der Waals surface area contributed by atoms with Crippen molar-refractivity contribution in [1.29, 1.82) is 0 Å². The van der Waals surface area contributed by atoms with Crippen LogP contribution in [0.2, 0.25) is 0 Å². The molecule has 0 aliphatic carbocycles. The SMILES string of the molecule is O=C(O)C1(O)O[C@H](CO)[C@@H](O[C@@H]2O[C@H](CO)[C@H](O)[C@H](O)[C@H]2O)[C@H](O)[C@H]1O. The third kappa shape index (κ3) is 3.56. The minimum Gasteiger partial charge on any atom is -0.477 e. The van der Waals surface area contributed by atoms with E-state index >= 15 is 0 Å². The summed E-state index contributed by atoms with van der Waals surface area (Å²) in [6, 6.07) is 0. The standard InChI is InChI=1S/C13H22O13/c14-1-3-5(16)6(17)7(18)11(24-3)25-9-4(2-15)26-13(23,12(21)22)10(20)8(9)19/h3-11,14-20,23H,1-2H2,(H,21,22)/t3-,4-,5+,6+,7-,8+,9-,10-,11+,13?/m1/s1. The monoisotopic (exact) mass is 386 g/mol. The fraction of sp³-hybridized carbons (Fsp3) is 0.923. The number of aliphatic hydroxyl groups is 8. The number of carboxylic acid groups (broad SMARTS) is 1. The van der Waals surface area contributed by atoms with Crippen molar-refractivity contribution in [2.75, 3.05) is 13.2 Å². The van der Waals surface area contributed by atoms with Crippen molar-refractivity contribution in [3.63, 3.8) is 0 Å². The van der Waals surface area contributed by atoms with Gasteiger partial charge in [-0.1, -0.05) is 0 Å². The number of aliphatic hydroxyl groups excluding tert-OH is 7. The van der Waals surface area contributed by atoms with Crippen molar-refractivity contribution < 1.29 is 65.0 Å². The first-order chi connectivity index (χ1) is 12.1. The van der Waals surface area contributed by atoms with Gasteiger partial charge in [-0.15, -0.1) is 0 Å². The van der Waals surface area contributed by atoms with E-state index in [-0.39, 0.29) is 0 Å². The molecule has 1 unspecified atom stereocenters. The van der Waals surface area contributed by atoms with E-state index in [4.69, 9.17) is 24.4 Å². The van der Waals surface area contributed by atoms with E-state index in [1.54, 1.807) is 0 Å². The zero-order valence-electron chi connectivity index (χ0n) is 13.3. The molecule has 0 bridgehead atoms. The molecule has 2 rings (SSSR count). The Labute approximate surface area is 146 Å². The van der Waals surface area contributed by atoms with Crippen molar-refractivity contribution >= 4 is 5.97 Å². The molecule has 152 valence electrons. The summed E-state index contributed by atoms with van der Waals surface area (Å²) in [5.74, 6) is -5.24. The molecule has 0 aromatic carbocycles. The molecule has 0 spiro atoms. The van der Waals surface area contributed by atoms with Crippen LogP contribution in [-0.4, -0.2) is 126 Å². The molecular weight excluding hydrogens is 364 g/mol. The smallest absolute Gasteiger partial charge is 0.367 e. The van der Waals surface area contributed by atoms with E-state index < -0.39 is 80.1 Å². The molecule has 2 aliphatic rings. The predicted octanol–water partition coefficient (Wildman–Crippen LogP) is -5.94. The van der Waals surface area contributed by atoms with Crippen LogP contribution in [0, 0.1) is 0 Å². The van der Waals surface area contributed by atoms with Crippen LogP contribution in [0.25, 0.3) is 0 Å². The van der Waals surface area contributed by atoms with E-state index in [0.717, 1.165) is 0 Å². The van der Waals surface area contributed by atoms with E-state index in [1.165, 1.54) is 0 Å².